The second kappa shape index (κ2) is 3.76. The molecule has 0 aliphatic rings. The number of hydrogen-bond donors (Lipinski definition) is 2. The van der Waals surface area contributed by atoms with Crippen molar-refractivity contribution in [2.45, 2.75) is 12.6 Å². The smallest absolute Gasteiger partial charge is 0.435 e. The molecule has 0 aliphatic carbocycles. The van der Waals surface area contributed by atoms with Gasteiger partial charge in [0.1, 0.15) is 0 Å². The molecule has 0 fully saturated rings. The fourth-order valence-corrected chi connectivity index (χ4v) is 0.991. The molecule has 3 N–H and O–H groups in total. The molecule has 0 saturated carbocycles. The van der Waals surface area contributed by atoms with Gasteiger partial charge in [-0.25, -0.2) is 4.98 Å². The maximum atomic E-state index is 12.3. The predicted octanol–water partition coefficient (Wildman–Crippen LogP) is 1.31. The zero-order chi connectivity index (χ0) is 11.6. The summed E-state index contributed by atoms with van der Waals surface area (Å²) in [6.45, 7) is 0. The van der Waals surface area contributed by atoms with Crippen LogP contribution in [0.2, 0.25) is 0 Å². The van der Waals surface area contributed by atoms with Crippen LogP contribution in [0.15, 0.2) is 12.1 Å². The van der Waals surface area contributed by atoms with E-state index in [0.717, 1.165) is 12.1 Å². The number of pyridine rings is 1. The lowest BCUT2D eigenvalue weighted by atomic mass is 10.2. The van der Waals surface area contributed by atoms with Crippen molar-refractivity contribution in [1.29, 1.82) is 0 Å². The van der Waals surface area contributed by atoms with Crippen molar-refractivity contribution < 1.29 is 23.1 Å². The number of anilines is 1. The van der Waals surface area contributed by atoms with Gasteiger partial charge < -0.3 is 10.8 Å². The average Bonchev–Trinajstić information content (AvgIpc) is 2.05. The molecule has 1 aromatic rings. The first-order chi connectivity index (χ1) is 6.80. The highest BCUT2D eigenvalue weighted by atomic mass is 19.4. The number of nitrogens with zero attached hydrogens (tertiary/aromatic N) is 1. The molecule has 15 heavy (non-hydrogen) atoms. The fraction of sp³-hybridized carbons (Fsp3) is 0.250. The average molecular weight is 220 g/mol. The third kappa shape index (κ3) is 2.83. The van der Waals surface area contributed by atoms with Gasteiger partial charge in [-0.1, -0.05) is 0 Å². The number of halogens is 3. The lowest BCUT2D eigenvalue weighted by Gasteiger charge is -2.09. The lowest BCUT2D eigenvalue weighted by molar-refractivity contribution is -0.141. The van der Waals surface area contributed by atoms with E-state index in [1.165, 1.54) is 0 Å². The number of nitrogens with two attached hydrogens (primary N) is 1. The van der Waals surface area contributed by atoms with Crippen LogP contribution < -0.4 is 5.73 Å². The number of aliphatic carboxylic acids is 1. The van der Waals surface area contributed by atoms with Gasteiger partial charge in [-0.15, -0.1) is 0 Å². The normalized spacial score (nSPS) is 11.4. The van der Waals surface area contributed by atoms with Crippen LogP contribution >= 0.6 is 0 Å². The first kappa shape index (κ1) is 11.3. The van der Waals surface area contributed by atoms with Crippen LogP contribution in [0.4, 0.5) is 18.9 Å². The summed E-state index contributed by atoms with van der Waals surface area (Å²) in [4.78, 5) is 13.4. The molecule has 7 heteroatoms. The third-order valence-electron chi connectivity index (χ3n) is 1.58. The molecule has 1 rings (SSSR count). The minimum Gasteiger partial charge on any atom is -0.481 e. The van der Waals surface area contributed by atoms with Crippen molar-refractivity contribution in [2.75, 3.05) is 5.73 Å². The van der Waals surface area contributed by atoms with E-state index < -0.39 is 29.9 Å². The molecule has 0 bridgehead atoms. The van der Waals surface area contributed by atoms with Crippen molar-refractivity contribution in [3.8, 4) is 0 Å². The molecule has 4 nitrogen and oxygen atoms in total. The summed E-state index contributed by atoms with van der Waals surface area (Å²) < 4.78 is 36.8. The fourth-order valence-electron chi connectivity index (χ4n) is 0.991. The van der Waals surface area contributed by atoms with E-state index >= 15 is 0 Å². The predicted molar refractivity (Wildman–Crippen MR) is 45.0 cm³/mol. The summed E-state index contributed by atoms with van der Waals surface area (Å²) >= 11 is 0. The Hall–Kier alpha value is -1.79. The second-order valence-electron chi connectivity index (χ2n) is 2.81. The molecule has 0 atom stereocenters. The maximum Gasteiger partial charge on any atom is 0.435 e. The Bertz CT molecular complexity index is 390. The van der Waals surface area contributed by atoms with Gasteiger partial charge in [0.25, 0.3) is 0 Å². The van der Waals surface area contributed by atoms with E-state index in [0.29, 0.717) is 0 Å². The third-order valence-corrected chi connectivity index (χ3v) is 1.58. The quantitative estimate of drug-likeness (QED) is 0.787. The molecule has 1 aromatic heterocycles. The molecule has 0 unspecified atom stereocenters. The van der Waals surface area contributed by atoms with Crippen LogP contribution in [0.1, 0.15) is 11.4 Å². The topological polar surface area (TPSA) is 76.2 Å². The van der Waals surface area contributed by atoms with Crippen molar-refractivity contribution >= 4 is 11.7 Å². The van der Waals surface area contributed by atoms with E-state index in [4.69, 9.17) is 10.8 Å². The first-order valence-corrected chi connectivity index (χ1v) is 3.85. The molecule has 82 valence electrons. The maximum absolute atomic E-state index is 12.3. The standard InChI is InChI=1S/C8H7F3N2O2/c9-8(10,11)7-5(12)2-1-4(13-7)3-6(14)15/h1-2H,3,12H2,(H,14,15). The summed E-state index contributed by atoms with van der Waals surface area (Å²) in [7, 11) is 0. The Labute approximate surface area is 82.5 Å². The molecule has 1 heterocycles. The van der Waals surface area contributed by atoms with Gasteiger partial charge in [0.15, 0.2) is 5.69 Å². The summed E-state index contributed by atoms with van der Waals surface area (Å²) in [5.74, 6) is -1.25. The number of carboxylic acid groups (broad SMARTS) is 1. The van der Waals surface area contributed by atoms with E-state index in [-0.39, 0.29) is 5.69 Å². The lowest BCUT2D eigenvalue weighted by Crippen LogP contribution is -2.14. The van der Waals surface area contributed by atoms with Crippen LogP contribution in [0, 0.1) is 0 Å². The number of hydrogen-bond acceptors (Lipinski definition) is 3. The minimum atomic E-state index is -4.67. The van der Waals surface area contributed by atoms with Gasteiger partial charge in [-0.3, -0.25) is 4.79 Å². The van der Waals surface area contributed by atoms with Gasteiger partial charge in [0.05, 0.1) is 17.8 Å². The van der Waals surface area contributed by atoms with Crippen LogP contribution in [-0.4, -0.2) is 16.1 Å². The van der Waals surface area contributed by atoms with Gasteiger partial charge in [-0.05, 0) is 12.1 Å². The van der Waals surface area contributed by atoms with Crippen molar-refractivity contribution in [2.24, 2.45) is 0 Å². The number of nitrogen functional groups attached to an aromatic ring is 1. The molecular formula is C8H7F3N2O2. The number of alkyl halides is 3. The van der Waals surface area contributed by atoms with Crippen LogP contribution in [0.25, 0.3) is 0 Å². The first-order valence-electron chi connectivity index (χ1n) is 3.85. The molecule has 0 aliphatic heterocycles. The monoisotopic (exact) mass is 220 g/mol. The number of carbonyl (C=O) groups is 1. The van der Waals surface area contributed by atoms with Crippen molar-refractivity contribution in [1.82, 2.24) is 4.98 Å². The summed E-state index contributed by atoms with van der Waals surface area (Å²) in [5.41, 5.74) is 3.13. The van der Waals surface area contributed by atoms with Crippen LogP contribution in [0.3, 0.4) is 0 Å². The van der Waals surface area contributed by atoms with Gasteiger partial charge >= 0.3 is 12.1 Å². The highest BCUT2D eigenvalue weighted by Gasteiger charge is 2.35. The Morgan fingerprint density at radius 3 is 2.53 bits per heavy atom. The van der Waals surface area contributed by atoms with Crippen LogP contribution in [-0.2, 0) is 17.4 Å². The van der Waals surface area contributed by atoms with Gasteiger partial charge in [0, 0.05) is 0 Å². The largest absolute Gasteiger partial charge is 0.481 e. The Morgan fingerprint density at radius 2 is 2.07 bits per heavy atom. The van der Waals surface area contributed by atoms with Crippen molar-refractivity contribution in [3.63, 3.8) is 0 Å². The van der Waals surface area contributed by atoms with E-state index in [1.54, 1.807) is 0 Å². The Balaban J connectivity index is 3.11. The Morgan fingerprint density at radius 1 is 1.47 bits per heavy atom. The second-order valence-corrected chi connectivity index (χ2v) is 2.81. The summed E-state index contributed by atoms with van der Waals surface area (Å²) in [5, 5.41) is 8.38. The molecule has 0 saturated heterocycles. The molecular weight excluding hydrogens is 213 g/mol. The van der Waals surface area contributed by atoms with Crippen LogP contribution in [0.5, 0.6) is 0 Å². The van der Waals surface area contributed by atoms with E-state index in [2.05, 4.69) is 4.98 Å². The van der Waals surface area contributed by atoms with E-state index in [9.17, 15) is 18.0 Å². The number of carboxylic acids is 1. The number of aromatic nitrogens is 1. The SMILES string of the molecule is Nc1ccc(CC(=O)O)nc1C(F)(F)F. The summed E-state index contributed by atoms with van der Waals surface area (Å²) in [6, 6.07) is 2.15. The van der Waals surface area contributed by atoms with Gasteiger partial charge in [-0.2, -0.15) is 13.2 Å². The minimum absolute atomic E-state index is 0.177. The van der Waals surface area contributed by atoms with Crippen molar-refractivity contribution in [3.05, 3.63) is 23.5 Å². The van der Waals surface area contributed by atoms with E-state index in [1.807, 2.05) is 0 Å². The number of rotatable bonds is 2. The zero-order valence-electron chi connectivity index (χ0n) is 7.38. The van der Waals surface area contributed by atoms with Gasteiger partial charge in [0.2, 0.25) is 0 Å². The highest BCUT2D eigenvalue weighted by Crippen LogP contribution is 2.31. The zero-order valence-corrected chi connectivity index (χ0v) is 7.38. The Kier molecular flexibility index (Phi) is 2.83. The molecule has 0 aromatic carbocycles. The molecule has 0 spiro atoms. The molecule has 0 radical (unpaired) electrons. The molecule has 0 amide bonds. The summed E-state index contributed by atoms with van der Waals surface area (Å²) in [6.07, 6.45) is -5.23. The highest BCUT2D eigenvalue weighted by molar-refractivity contribution is 5.69.